The highest BCUT2D eigenvalue weighted by Gasteiger charge is 2.23. The molecule has 1 saturated heterocycles. The highest BCUT2D eigenvalue weighted by Crippen LogP contribution is 2.24. The van der Waals surface area contributed by atoms with Gasteiger partial charge < -0.3 is 19.7 Å². The minimum Gasteiger partial charge on any atom is -0.376 e. The number of carbonyl (C=O) groups excluding carboxylic acids is 1. The molecule has 6 heteroatoms. The van der Waals surface area contributed by atoms with Crippen LogP contribution in [0, 0.1) is 0 Å². The van der Waals surface area contributed by atoms with Crippen LogP contribution in [-0.4, -0.2) is 35.2 Å². The number of amides is 2. The SMILES string of the molecule is O=C(Nc1ccc2c(c1)COC2)N(Cc1ccccn1)CC1CCCO1. The number of urea groups is 1. The molecule has 0 bridgehead atoms. The van der Waals surface area contributed by atoms with Crippen molar-refractivity contribution in [3.8, 4) is 0 Å². The van der Waals surface area contributed by atoms with Crippen LogP contribution in [0.5, 0.6) is 0 Å². The molecule has 0 aliphatic carbocycles. The average molecular weight is 353 g/mol. The van der Waals surface area contributed by atoms with Crippen LogP contribution < -0.4 is 5.32 Å². The lowest BCUT2D eigenvalue weighted by molar-refractivity contribution is 0.0816. The molecule has 1 aromatic carbocycles. The normalized spacial score (nSPS) is 18.5. The van der Waals surface area contributed by atoms with Gasteiger partial charge >= 0.3 is 6.03 Å². The van der Waals surface area contributed by atoms with Crippen molar-refractivity contribution in [1.82, 2.24) is 9.88 Å². The number of benzene rings is 1. The number of ether oxygens (including phenoxy) is 2. The smallest absolute Gasteiger partial charge is 0.322 e. The Labute approximate surface area is 153 Å². The molecular formula is C20H23N3O3. The fraction of sp³-hybridized carbons (Fsp3) is 0.400. The summed E-state index contributed by atoms with van der Waals surface area (Å²) in [5.74, 6) is 0. The van der Waals surface area contributed by atoms with Gasteiger partial charge in [0.05, 0.1) is 31.6 Å². The van der Waals surface area contributed by atoms with E-state index in [1.165, 1.54) is 5.56 Å². The third-order valence-electron chi connectivity index (χ3n) is 4.79. The van der Waals surface area contributed by atoms with E-state index in [-0.39, 0.29) is 12.1 Å². The summed E-state index contributed by atoms with van der Waals surface area (Å²) >= 11 is 0. The minimum absolute atomic E-state index is 0.0953. The zero-order chi connectivity index (χ0) is 17.8. The van der Waals surface area contributed by atoms with Crippen molar-refractivity contribution in [3.05, 3.63) is 59.4 Å². The fourth-order valence-corrected chi connectivity index (χ4v) is 3.39. The van der Waals surface area contributed by atoms with Crippen LogP contribution >= 0.6 is 0 Å². The number of hydrogen-bond acceptors (Lipinski definition) is 4. The summed E-state index contributed by atoms with van der Waals surface area (Å²) in [6, 6.07) is 11.5. The number of nitrogens with zero attached hydrogens (tertiary/aromatic N) is 2. The van der Waals surface area contributed by atoms with Gasteiger partial charge in [0.15, 0.2) is 0 Å². The maximum atomic E-state index is 12.9. The number of rotatable bonds is 5. The number of aromatic nitrogens is 1. The first-order chi connectivity index (χ1) is 12.8. The van der Waals surface area contributed by atoms with Gasteiger partial charge in [0.25, 0.3) is 0 Å². The van der Waals surface area contributed by atoms with Crippen molar-refractivity contribution >= 4 is 11.7 Å². The predicted molar refractivity (Wildman–Crippen MR) is 97.6 cm³/mol. The quantitative estimate of drug-likeness (QED) is 0.896. The first-order valence-corrected chi connectivity index (χ1v) is 9.05. The van der Waals surface area contributed by atoms with E-state index in [4.69, 9.17) is 9.47 Å². The fourth-order valence-electron chi connectivity index (χ4n) is 3.39. The molecule has 2 aliphatic heterocycles. The third kappa shape index (κ3) is 4.03. The lowest BCUT2D eigenvalue weighted by Gasteiger charge is -2.25. The summed E-state index contributed by atoms with van der Waals surface area (Å²) in [6.45, 7) is 3.05. The second kappa shape index (κ2) is 7.85. The number of nitrogens with one attached hydrogen (secondary N) is 1. The van der Waals surface area contributed by atoms with E-state index in [1.807, 2.05) is 36.4 Å². The van der Waals surface area contributed by atoms with Gasteiger partial charge in [0.1, 0.15) is 0 Å². The van der Waals surface area contributed by atoms with E-state index < -0.39 is 0 Å². The maximum Gasteiger partial charge on any atom is 0.322 e. The van der Waals surface area contributed by atoms with Gasteiger partial charge in [-0.2, -0.15) is 0 Å². The Kier molecular flexibility index (Phi) is 5.13. The van der Waals surface area contributed by atoms with Crippen LogP contribution in [0.15, 0.2) is 42.6 Å². The van der Waals surface area contributed by atoms with Crippen LogP contribution in [0.3, 0.4) is 0 Å². The van der Waals surface area contributed by atoms with Crippen LogP contribution in [0.2, 0.25) is 0 Å². The molecule has 4 rings (SSSR count). The molecule has 1 N–H and O–H groups in total. The summed E-state index contributed by atoms with van der Waals surface area (Å²) in [4.78, 5) is 19.0. The van der Waals surface area contributed by atoms with E-state index in [0.717, 1.165) is 36.4 Å². The minimum atomic E-state index is -0.134. The molecule has 2 amide bonds. The molecule has 0 saturated carbocycles. The predicted octanol–water partition coefficient (Wildman–Crippen LogP) is 3.32. The van der Waals surface area contributed by atoms with Crippen LogP contribution in [0.4, 0.5) is 10.5 Å². The highest BCUT2D eigenvalue weighted by atomic mass is 16.5. The number of fused-ring (bicyclic) bond motifs is 1. The van der Waals surface area contributed by atoms with E-state index in [9.17, 15) is 4.79 Å². The Hall–Kier alpha value is -2.44. The van der Waals surface area contributed by atoms with Crippen molar-refractivity contribution < 1.29 is 14.3 Å². The summed E-state index contributed by atoms with van der Waals surface area (Å²) in [5, 5.41) is 3.01. The maximum absolute atomic E-state index is 12.9. The Bertz CT molecular complexity index is 760. The van der Waals surface area contributed by atoms with Gasteiger partial charge in [0.2, 0.25) is 0 Å². The van der Waals surface area contributed by atoms with Gasteiger partial charge in [0, 0.05) is 25.0 Å². The second-order valence-electron chi connectivity index (χ2n) is 6.74. The lowest BCUT2D eigenvalue weighted by atomic mass is 10.1. The van der Waals surface area contributed by atoms with E-state index in [1.54, 1.807) is 11.1 Å². The summed E-state index contributed by atoms with van der Waals surface area (Å²) < 4.78 is 11.2. The molecule has 2 aromatic rings. The zero-order valence-corrected chi connectivity index (χ0v) is 14.7. The molecule has 0 spiro atoms. The standard InChI is InChI=1S/C20H23N3O3/c24-20(22-17-7-6-15-13-25-14-16(15)10-17)23(12-19-5-3-9-26-19)11-18-4-1-2-8-21-18/h1-2,4,6-8,10,19H,3,5,9,11-14H2,(H,22,24). The number of carbonyl (C=O) groups is 1. The van der Waals surface area contributed by atoms with Crippen molar-refractivity contribution in [2.24, 2.45) is 0 Å². The number of anilines is 1. The molecule has 1 aromatic heterocycles. The molecule has 1 atom stereocenters. The largest absolute Gasteiger partial charge is 0.376 e. The number of pyridine rings is 1. The number of hydrogen-bond donors (Lipinski definition) is 1. The molecule has 136 valence electrons. The van der Waals surface area contributed by atoms with E-state index in [0.29, 0.717) is 26.3 Å². The molecule has 3 heterocycles. The van der Waals surface area contributed by atoms with E-state index >= 15 is 0 Å². The van der Waals surface area contributed by atoms with Crippen molar-refractivity contribution in [1.29, 1.82) is 0 Å². The summed E-state index contributed by atoms with van der Waals surface area (Å²) in [7, 11) is 0. The van der Waals surface area contributed by atoms with Gasteiger partial charge in [-0.1, -0.05) is 12.1 Å². The molecule has 6 nitrogen and oxygen atoms in total. The van der Waals surface area contributed by atoms with Crippen LogP contribution in [-0.2, 0) is 29.2 Å². The van der Waals surface area contributed by atoms with Gasteiger partial charge in [-0.25, -0.2) is 4.79 Å². The van der Waals surface area contributed by atoms with Crippen molar-refractivity contribution in [2.75, 3.05) is 18.5 Å². The Morgan fingerprint density at radius 3 is 2.96 bits per heavy atom. The molecule has 26 heavy (non-hydrogen) atoms. The first-order valence-electron chi connectivity index (χ1n) is 9.05. The Morgan fingerprint density at radius 1 is 1.23 bits per heavy atom. The van der Waals surface area contributed by atoms with Gasteiger partial charge in [-0.15, -0.1) is 0 Å². The van der Waals surface area contributed by atoms with Gasteiger partial charge in [-0.05, 0) is 48.2 Å². The second-order valence-corrected chi connectivity index (χ2v) is 6.74. The monoisotopic (exact) mass is 353 g/mol. The van der Waals surface area contributed by atoms with E-state index in [2.05, 4.69) is 10.3 Å². The third-order valence-corrected chi connectivity index (χ3v) is 4.79. The zero-order valence-electron chi connectivity index (χ0n) is 14.7. The van der Waals surface area contributed by atoms with Crippen LogP contribution in [0.1, 0.15) is 29.7 Å². The molecule has 2 aliphatic rings. The Morgan fingerprint density at radius 2 is 2.15 bits per heavy atom. The summed E-state index contributed by atoms with van der Waals surface area (Å²) in [6.07, 6.45) is 3.88. The molecular weight excluding hydrogens is 330 g/mol. The van der Waals surface area contributed by atoms with Crippen molar-refractivity contribution in [2.45, 2.75) is 38.7 Å². The van der Waals surface area contributed by atoms with Crippen LogP contribution in [0.25, 0.3) is 0 Å². The molecule has 1 fully saturated rings. The molecule has 0 radical (unpaired) electrons. The lowest BCUT2D eigenvalue weighted by Crippen LogP contribution is -2.39. The topological polar surface area (TPSA) is 63.7 Å². The van der Waals surface area contributed by atoms with Gasteiger partial charge in [-0.3, -0.25) is 4.98 Å². The Balaban J connectivity index is 1.47. The molecule has 1 unspecified atom stereocenters. The first kappa shape index (κ1) is 17.0. The highest BCUT2D eigenvalue weighted by molar-refractivity contribution is 5.89. The average Bonchev–Trinajstić information content (AvgIpc) is 3.33. The van der Waals surface area contributed by atoms with Crippen molar-refractivity contribution in [3.63, 3.8) is 0 Å². The summed E-state index contributed by atoms with van der Waals surface area (Å²) in [5.41, 5.74) is 3.98.